The van der Waals surface area contributed by atoms with Gasteiger partial charge in [-0.25, -0.2) is 9.59 Å². The van der Waals surface area contributed by atoms with Gasteiger partial charge in [0, 0.05) is 73.0 Å². The number of Topliss-reactive ketones (excluding diaryl/α,β-unsaturated/α-hetero) is 2. The van der Waals surface area contributed by atoms with Crippen molar-refractivity contribution in [2.24, 2.45) is 23.5 Å². The predicted octanol–water partition coefficient (Wildman–Crippen LogP) is 3.64. The average molecular weight is 1560 g/mol. The number of amides is 5. The standard InChI is InChI=1S/C74H86Cl2N6O27/c1-7-14-103-51(71(99)100)27-78-74(6)26-54(104-31(5)66(74)94)108-65-63(93)62(92)52(28-83)107-73(65)109-64-49-20-35-21-50(64)106-48-13-10-34(18-42(48)76)61(91)59-70(98)80-57(72(101)102)40-23-37(84)24-44(86)55(40)39-16-32(8-11-43(39)85)38(69(97)82-59)25-46(88)56(35)79-68(96)36(22-53(77)89)19-45(87)58(81-67(95)30(4)15-29(2)3)60(90)33-9-12-47(105-49)41(75)17-33/h8-13,16-18,20-21,23-24,29-31,36,38,51-52,54,56-63,65-66,73,78,83-86,90-94H,7,14-15,19,22,25-28H2,1-6H3,(H2,77,89)(H,79,96)(H,80,98)(H,81,95)(H,82,97)(H,99,100)(H,101,102)/t30-,31?,36?,38?,51?,52?,54?,56?,57?,58-,59+,60?,61-,62?,63?,65?,66?,73?,74?/m1/s1. The van der Waals surface area contributed by atoms with Crippen LogP contribution in [0.25, 0.3) is 11.1 Å². The number of fused-ring (bicyclic) bond motifs is 15. The molecule has 0 spiro atoms. The molecule has 15 unspecified atom stereocenters. The van der Waals surface area contributed by atoms with E-state index in [1.165, 1.54) is 19.1 Å². The van der Waals surface area contributed by atoms with Crippen molar-refractivity contribution in [2.75, 3.05) is 19.8 Å². The van der Waals surface area contributed by atoms with Gasteiger partial charge in [0.1, 0.15) is 77.4 Å². The van der Waals surface area contributed by atoms with Crippen LogP contribution in [-0.2, 0) is 62.1 Å². The Hall–Kier alpha value is -9.33. The van der Waals surface area contributed by atoms with E-state index < -0.39 is 261 Å². The second-order valence-electron chi connectivity index (χ2n) is 28.4. The number of hydrogen-bond donors (Lipinski definition) is 17. The zero-order chi connectivity index (χ0) is 79.5. The highest BCUT2D eigenvalue weighted by molar-refractivity contribution is 6.32. The van der Waals surface area contributed by atoms with Gasteiger partial charge < -0.3 is 122 Å². The highest BCUT2D eigenvalue weighted by Gasteiger charge is 2.52. The summed E-state index contributed by atoms with van der Waals surface area (Å²) in [5, 5.41) is 138. The number of ether oxygens (including phenoxy) is 7. The normalized spacial score (nSPS) is 28.6. The number of phenolic OH excluding ortho intramolecular Hbond substituents is 3. The molecule has 2 saturated heterocycles. The number of carbonyl (C=O) groups excluding carboxylic acids is 7. The molecule has 18 N–H and O–H groups in total. The maximum atomic E-state index is 16.2. The summed E-state index contributed by atoms with van der Waals surface area (Å²) in [7, 11) is 0. The van der Waals surface area contributed by atoms with Gasteiger partial charge in [-0.05, 0) is 109 Å². The molecule has 33 nitrogen and oxygen atoms in total. The molecular weight excluding hydrogens is 1480 g/mol. The molecule has 35 heteroatoms. The Morgan fingerprint density at radius 2 is 1.38 bits per heavy atom. The molecule has 0 radical (unpaired) electrons. The zero-order valence-corrected chi connectivity index (χ0v) is 61.1. The van der Waals surface area contributed by atoms with Crippen LogP contribution in [0.3, 0.4) is 0 Å². The molecule has 0 aliphatic carbocycles. The molecule has 11 bridgehead atoms. The number of aliphatic hydroxyl groups is 6. The quantitative estimate of drug-likeness (QED) is 0.0561. The third-order valence-electron chi connectivity index (χ3n) is 19.7. The Labute approximate surface area is 632 Å². The molecule has 5 aromatic carbocycles. The molecule has 0 saturated carbocycles. The number of nitrogens with two attached hydrogens (primary N) is 1. The van der Waals surface area contributed by atoms with Crippen molar-refractivity contribution in [3.63, 3.8) is 0 Å². The van der Waals surface area contributed by atoms with E-state index in [1.54, 1.807) is 20.8 Å². The molecule has 0 aromatic heterocycles. The van der Waals surface area contributed by atoms with Gasteiger partial charge in [0.15, 0.2) is 47.6 Å². The predicted molar refractivity (Wildman–Crippen MR) is 380 cm³/mol. The number of carboxylic acids is 2. The van der Waals surface area contributed by atoms with Crippen molar-refractivity contribution in [3.05, 3.63) is 117 Å². The first-order chi connectivity index (χ1) is 51.5. The number of carbonyl (C=O) groups is 9. The lowest BCUT2D eigenvalue weighted by molar-refractivity contribution is -0.334. The van der Waals surface area contributed by atoms with Crippen LogP contribution in [-0.4, -0.2) is 202 Å². The molecule has 7 aliphatic heterocycles. The SMILES string of the molecule is CCCOC(CNC1(C)CC(OC2C(Oc3c4cc5cc3Oc3ccc(cc3Cl)[C@@H](O)[C@@H]3NC(=O)C(CC(=O)C5NC(=O)C(CC(N)=O)CC(=O)[C@@H](NC(=O)[C@H](C)CC(C)C)C(O)c5ccc(c(Cl)c5)O4)c4ccc(O)c(c4)-c4c(O)cc(O)cc4C(C(=O)O)NC3=O)OC(CO)C(O)C2O)OC(C)C1O)C(=O)O. The maximum Gasteiger partial charge on any atom is 0.334 e. The summed E-state index contributed by atoms with van der Waals surface area (Å²) in [5.41, 5.74) is 1.79. The van der Waals surface area contributed by atoms with Crippen LogP contribution < -0.4 is 46.5 Å². The molecule has 12 rings (SSSR count). The van der Waals surface area contributed by atoms with Crippen molar-refractivity contribution >= 4 is 76.2 Å². The lowest BCUT2D eigenvalue weighted by Gasteiger charge is -2.48. The number of benzene rings is 5. The Morgan fingerprint density at radius 1 is 0.734 bits per heavy atom. The summed E-state index contributed by atoms with van der Waals surface area (Å²) in [5.74, 6) is -20.8. The lowest BCUT2D eigenvalue weighted by atomic mass is 9.84. The van der Waals surface area contributed by atoms with E-state index in [0.717, 1.165) is 66.7 Å². The number of aliphatic hydroxyl groups excluding tert-OH is 6. The molecule has 5 amide bonds. The minimum atomic E-state index is -2.27. The summed E-state index contributed by atoms with van der Waals surface area (Å²) in [6.45, 7) is 8.80. The monoisotopic (exact) mass is 1560 g/mol. The number of rotatable bonds is 19. The maximum absolute atomic E-state index is 16.2. The van der Waals surface area contributed by atoms with E-state index in [1.807, 2.05) is 13.8 Å². The number of phenols is 3. The van der Waals surface area contributed by atoms with Gasteiger partial charge in [-0.1, -0.05) is 69.1 Å². The third-order valence-corrected chi connectivity index (χ3v) is 20.3. The van der Waals surface area contributed by atoms with Gasteiger partial charge in [-0.2, -0.15) is 0 Å². The molecule has 19 atom stereocenters. The van der Waals surface area contributed by atoms with Crippen molar-refractivity contribution < 1.29 is 132 Å². The first-order valence-corrected chi connectivity index (χ1v) is 35.8. The van der Waals surface area contributed by atoms with E-state index in [4.69, 9.17) is 62.1 Å². The van der Waals surface area contributed by atoms with Gasteiger partial charge in [-0.3, -0.25) is 33.6 Å². The Bertz CT molecular complexity index is 4320. The first kappa shape index (κ1) is 82.2. The number of primary amides is 1. The second kappa shape index (κ2) is 34.3. The molecule has 5 aromatic rings. The molecule has 7 heterocycles. The van der Waals surface area contributed by atoms with Crippen molar-refractivity contribution in [1.82, 2.24) is 26.6 Å². The van der Waals surface area contributed by atoms with Crippen LogP contribution in [0.2, 0.25) is 10.0 Å². The van der Waals surface area contributed by atoms with E-state index in [9.17, 15) is 84.9 Å². The van der Waals surface area contributed by atoms with Gasteiger partial charge in [0.05, 0.1) is 40.7 Å². The summed E-state index contributed by atoms with van der Waals surface area (Å²) in [6, 6.07) is 5.31. The first-order valence-electron chi connectivity index (χ1n) is 35.0. The number of carboxylic acid groups (broad SMARTS) is 2. The van der Waals surface area contributed by atoms with Crippen LogP contribution in [0.1, 0.15) is 138 Å². The van der Waals surface area contributed by atoms with Crippen molar-refractivity contribution in [2.45, 2.75) is 183 Å². The Balaban J connectivity index is 1.21. The summed E-state index contributed by atoms with van der Waals surface area (Å²) in [4.78, 5) is 130. The van der Waals surface area contributed by atoms with E-state index in [2.05, 4.69) is 26.6 Å². The minimum absolute atomic E-state index is 0.0367. The van der Waals surface area contributed by atoms with Crippen LogP contribution >= 0.6 is 23.2 Å². The van der Waals surface area contributed by atoms with Crippen LogP contribution in [0.15, 0.2) is 78.9 Å². The Morgan fingerprint density at radius 3 is 1.97 bits per heavy atom. The highest BCUT2D eigenvalue weighted by Crippen LogP contribution is 2.50. The van der Waals surface area contributed by atoms with Gasteiger partial charge in [-0.15, -0.1) is 0 Å². The summed E-state index contributed by atoms with van der Waals surface area (Å²) >= 11 is 14.2. The average Bonchev–Trinajstić information content (AvgIpc) is 0.765. The fraction of sp³-hybridized carbons (Fsp3) is 0.473. The summed E-state index contributed by atoms with van der Waals surface area (Å²) in [6.07, 6.45) is -22.1. The van der Waals surface area contributed by atoms with Gasteiger partial charge in [0.25, 0.3) is 0 Å². The Kier molecular flexibility index (Phi) is 25.9. The van der Waals surface area contributed by atoms with E-state index >= 15 is 14.4 Å². The smallest absolute Gasteiger partial charge is 0.334 e. The third kappa shape index (κ3) is 18.3. The largest absolute Gasteiger partial charge is 0.508 e. The van der Waals surface area contributed by atoms with Gasteiger partial charge >= 0.3 is 11.9 Å². The van der Waals surface area contributed by atoms with E-state index in [-0.39, 0.29) is 53.0 Å². The van der Waals surface area contributed by atoms with Crippen molar-refractivity contribution in [1.29, 1.82) is 0 Å². The van der Waals surface area contributed by atoms with Crippen LogP contribution in [0, 0.1) is 17.8 Å². The number of halogens is 2. The minimum Gasteiger partial charge on any atom is -0.508 e. The molecule has 109 heavy (non-hydrogen) atoms. The number of ketones is 2. The lowest BCUT2D eigenvalue weighted by Crippen LogP contribution is -2.66. The molecule has 2 fully saturated rings. The van der Waals surface area contributed by atoms with Crippen LogP contribution in [0.5, 0.6) is 46.0 Å². The molecule has 588 valence electrons. The topological polar surface area (TPSA) is 527 Å². The fourth-order valence-electron chi connectivity index (χ4n) is 14.0. The number of aromatic hydroxyl groups is 3. The van der Waals surface area contributed by atoms with E-state index in [0.29, 0.717) is 12.8 Å². The van der Waals surface area contributed by atoms with Crippen LogP contribution in [0.4, 0.5) is 0 Å². The molecular formula is C74H86Cl2N6O27. The summed E-state index contributed by atoms with van der Waals surface area (Å²) < 4.78 is 44.5. The second-order valence-corrected chi connectivity index (χ2v) is 29.2. The van der Waals surface area contributed by atoms with Gasteiger partial charge in [0.2, 0.25) is 41.6 Å². The number of hydrogen-bond acceptors (Lipinski definition) is 26. The van der Waals surface area contributed by atoms with Crippen molar-refractivity contribution in [3.8, 4) is 57.1 Å². The number of nitrogens with one attached hydrogen (secondary N) is 5. The highest BCUT2D eigenvalue weighted by atomic mass is 35.5. The molecule has 7 aliphatic rings. The zero-order valence-electron chi connectivity index (χ0n) is 59.6. The number of aliphatic carboxylic acids is 2. The fourth-order valence-corrected chi connectivity index (χ4v) is 14.4.